The number of rotatable bonds is 3. The van der Waals surface area contributed by atoms with Crippen molar-refractivity contribution in [2.24, 2.45) is 0 Å². The summed E-state index contributed by atoms with van der Waals surface area (Å²) in [5.41, 5.74) is 1.10. The normalized spacial score (nSPS) is 16.9. The zero-order valence-corrected chi connectivity index (χ0v) is 12.9. The summed E-state index contributed by atoms with van der Waals surface area (Å²) in [6.07, 6.45) is 5.22. The summed E-state index contributed by atoms with van der Waals surface area (Å²) in [4.78, 5) is 14.1. The molecule has 0 unspecified atom stereocenters. The van der Waals surface area contributed by atoms with Crippen LogP contribution in [0.1, 0.15) is 37.7 Å². The van der Waals surface area contributed by atoms with Crippen molar-refractivity contribution in [3.63, 3.8) is 0 Å². The molecule has 104 valence electrons. The molecular formula is C15H20BrNO2. The third kappa shape index (κ3) is 3.96. The third-order valence-corrected chi connectivity index (χ3v) is 4.31. The molecule has 0 bridgehead atoms. The van der Waals surface area contributed by atoms with Crippen LogP contribution in [-0.2, 0) is 11.3 Å². The Morgan fingerprint density at radius 1 is 1.26 bits per heavy atom. The highest BCUT2D eigenvalue weighted by molar-refractivity contribution is 9.10. The first kappa shape index (κ1) is 14.4. The number of nitrogens with zero attached hydrogens (tertiary/aromatic N) is 1. The lowest BCUT2D eigenvalue weighted by Gasteiger charge is -2.25. The van der Waals surface area contributed by atoms with Gasteiger partial charge in [-0.05, 0) is 36.6 Å². The highest BCUT2D eigenvalue weighted by atomic mass is 79.9. The van der Waals surface area contributed by atoms with Crippen molar-refractivity contribution >= 4 is 21.8 Å². The van der Waals surface area contributed by atoms with Gasteiger partial charge in [0.05, 0.1) is 7.11 Å². The molecule has 1 aliphatic rings. The van der Waals surface area contributed by atoms with Gasteiger partial charge in [-0.15, -0.1) is 0 Å². The molecule has 3 nitrogen and oxygen atoms in total. The molecule has 1 aromatic carbocycles. The molecule has 1 fully saturated rings. The van der Waals surface area contributed by atoms with Gasteiger partial charge in [0.1, 0.15) is 5.75 Å². The zero-order valence-electron chi connectivity index (χ0n) is 11.3. The predicted molar refractivity (Wildman–Crippen MR) is 79.2 cm³/mol. The first-order valence-electron chi connectivity index (χ1n) is 6.81. The summed E-state index contributed by atoms with van der Waals surface area (Å²) in [5, 5.41) is 0. The quantitative estimate of drug-likeness (QED) is 0.847. The number of carbonyl (C=O) groups excluding carboxylic acids is 1. The molecule has 1 heterocycles. The van der Waals surface area contributed by atoms with E-state index in [-0.39, 0.29) is 5.91 Å². The summed E-state index contributed by atoms with van der Waals surface area (Å²) >= 11 is 3.55. The standard InChI is InChI=1S/C15H20BrNO2/c1-19-13-7-8-14(16)12(10-13)11-17-9-5-3-2-4-6-15(17)18/h7-8,10H,2-6,9,11H2,1H3. The van der Waals surface area contributed by atoms with E-state index in [2.05, 4.69) is 15.9 Å². The number of amides is 1. The summed E-state index contributed by atoms with van der Waals surface area (Å²) in [6, 6.07) is 5.89. The second-order valence-electron chi connectivity index (χ2n) is 4.94. The van der Waals surface area contributed by atoms with Crippen LogP contribution in [0.15, 0.2) is 22.7 Å². The molecule has 0 atom stereocenters. The molecule has 1 aromatic rings. The first-order valence-corrected chi connectivity index (χ1v) is 7.60. The minimum Gasteiger partial charge on any atom is -0.497 e. The molecule has 0 spiro atoms. The van der Waals surface area contributed by atoms with Crippen LogP contribution in [0.25, 0.3) is 0 Å². The van der Waals surface area contributed by atoms with Gasteiger partial charge < -0.3 is 9.64 Å². The van der Waals surface area contributed by atoms with Gasteiger partial charge in [0.15, 0.2) is 0 Å². The molecule has 19 heavy (non-hydrogen) atoms. The Kier molecular flexibility index (Phi) is 5.25. The number of hydrogen-bond donors (Lipinski definition) is 0. The number of carbonyl (C=O) groups is 1. The molecule has 1 aliphatic heterocycles. The number of methoxy groups -OCH3 is 1. The van der Waals surface area contributed by atoms with Gasteiger partial charge in [-0.1, -0.05) is 28.8 Å². The molecule has 0 saturated carbocycles. The van der Waals surface area contributed by atoms with E-state index in [0.29, 0.717) is 13.0 Å². The first-order chi connectivity index (χ1) is 9.20. The van der Waals surface area contributed by atoms with E-state index >= 15 is 0 Å². The highest BCUT2D eigenvalue weighted by Crippen LogP contribution is 2.25. The minimum absolute atomic E-state index is 0.273. The highest BCUT2D eigenvalue weighted by Gasteiger charge is 2.17. The number of ether oxygens (including phenoxy) is 1. The van der Waals surface area contributed by atoms with Gasteiger partial charge in [-0.25, -0.2) is 0 Å². The second-order valence-corrected chi connectivity index (χ2v) is 5.79. The Bertz CT molecular complexity index is 448. The van der Waals surface area contributed by atoms with Crippen molar-refractivity contribution in [3.8, 4) is 5.75 Å². The van der Waals surface area contributed by atoms with Crippen LogP contribution in [0.5, 0.6) is 5.75 Å². The van der Waals surface area contributed by atoms with Gasteiger partial charge in [0.2, 0.25) is 5.91 Å². The van der Waals surface area contributed by atoms with E-state index in [9.17, 15) is 4.79 Å². The molecule has 1 amide bonds. The number of halogens is 1. The van der Waals surface area contributed by atoms with Crippen LogP contribution in [0.2, 0.25) is 0 Å². The lowest BCUT2D eigenvalue weighted by Crippen LogP contribution is -2.32. The van der Waals surface area contributed by atoms with Crippen LogP contribution in [0.3, 0.4) is 0 Å². The Morgan fingerprint density at radius 3 is 2.84 bits per heavy atom. The molecule has 1 saturated heterocycles. The Hall–Kier alpha value is -1.03. The van der Waals surface area contributed by atoms with E-state index in [1.54, 1.807) is 7.11 Å². The molecule has 2 rings (SSSR count). The number of hydrogen-bond acceptors (Lipinski definition) is 2. The van der Waals surface area contributed by atoms with E-state index in [0.717, 1.165) is 35.2 Å². The summed E-state index contributed by atoms with van der Waals surface area (Å²) in [5.74, 6) is 1.10. The van der Waals surface area contributed by atoms with Crippen LogP contribution < -0.4 is 4.74 Å². The maximum Gasteiger partial charge on any atom is 0.222 e. The number of likely N-dealkylation sites (tertiary alicyclic amines) is 1. The van der Waals surface area contributed by atoms with Crippen LogP contribution in [-0.4, -0.2) is 24.5 Å². The maximum atomic E-state index is 12.1. The van der Waals surface area contributed by atoms with Crippen LogP contribution >= 0.6 is 15.9 Å². The second kappa shape index (κ2) is 6.94. The largest absolute Gasteiger partial charge is 0.497 e. The van der Waals surface area contributed by atoms with Crippen molar-refractivity contribution < 1.29 is 9.53 Å². The topological polar surface area (TPSA) is 29.5 Å². The summed E-state index contributed by atoms with van der Waals surface area (Å²) < 4.78 is 6.28. The predicted octanol–water partition coefficient (Wildman–Crippen LogP) is 3.75. The van der Waals surface area contributed by atoms with Crippen LogP contribution in [0.4, 0.5) is 0 Å². The van der Waals surface area contributed by atoms with Crippen LogP contribution in [0, 0.1) is 0 Å². The fraction of sp³-hybridized carbons (Fsp3) is 0.533. The Labute approximate surface area is 123 Å². The smallest absolute Gasteiger partial charge is 0.222 e. The molecule has 0 N–H and O–H groups in total. The zero-order chi connectivity index (χ0) is 13.7. The van der Waals surface area contributed by atoms with Crippen molar-refractivity contribution in [1.29, 1.82) is 0 Å². The van der Waals surface area contributed by atoms with E-state index in [1.807, 2.05) is 23.1 Å². The monoisotopic (exact) mass is 325 g/mol. The van der Waals surface area contributed by atoms with Crippen molar-refractivity contribution in [1.82, 2.24) is 4.90 Å². The molecule has 0 radical (unpaired) electrons. The van der Waals surface area contributed by atoms with E-state index in [1.165, 1.54) is 12.8 Å². The van der Waals surface area contributed by atoms with Crippen molar-refractivity contribution in [3.05, 3.63) is 28.2 Å². The molecular weight excluding hydrogens is 306 g/mol. The molecule has 0 aromatic heterocycles. The molecule has 0 aliphatic carbocycles. The van der Waals surface area contributed by atoms with Gasteiger partial charge in [-0.2, -0.15) is 0 Å². The van der Waals surface area contributed by atoms with Crippen molar-refractivity contribution in [2.45, 2.75) is 38.6 Å². The fourth-order valence-electron chi connectivity index (χ4n) is 2.39. The Balaban J connectivity index is 2.11. The summed E-state index contributed by atoms with van der Waals surface area (Å²) in [7, 11) is 1.66. The average Bonchev–Trinajstić information content (AvgIpc) is 2.40. The summed E-state index contributed by atoms with van der Waals surface area (Å²) in [6.45, 7) is 1.53. The number of benzene rings is 1. The van der Waals surface area contributed by atoms with Gasteiger partial charge in [0.25, 0.3) is 0 Å². The average molecular weight is 326 g/mol. The van der Waals surface area contributed by atoms with Gasteiger partial charge in [0, 0.05) is 24.0 Å². The van der Waals surface area contributed by atoms with Gasteiger partial charge >= 0.3 is 0 Å². The lowest BCUT2D eigenvalue weighted by molar-refractivity contribution is -0.132. The lowest BCUT2D eigenvalue weighted by atomic mass is 10.1. The minimum atomic E-state index is 0.273. The molecule has 4 heteroatoms. The fourth-order valence-corrected chi connectivity index (χ4v) is 2.76. The van der Waals surface area contributed by atoms with Gasteiger partial charge in [-0.3, -0.25) is 4.79 Å². The SMILES string of the molecule is COc1ccc(Br)c(CN2CCCCCCC2=O)c1. The van der Waals surface area contributed by atoms with E-state index in [4.69, 9.17) is 4.74 Å². The third-order valence-electron chi connectivity index (χ3n) is 3.54. The maximum absolute atomic E-state index is 12.1. The Morgan fingerprint density at radius 2 is 2.05 bits per heavy atom. The van der Waals surface area contributed by atoms with Crippen molar-refractivity contribution in [2.75, 3.05) is 13.7 Å². The van der Waals surface area contributed by atoms with E-state index < -0.39 is 0 Å².